The van der Waals surface area contributed by atoms with Gasteiger partial charge >= 0.3 is 0 Å². The Kier molecular flexibility index (Phi) is 9.46. The van der Waals surface area contributed by atoms with Crippen LogP contribution in [0.2, 0.25) is 5.02 Å². The Morgan fingerprint density at radius 2 is 1.88 bits per heavy atom. The number of hydrogen-bond donors (Lipinski definition) is 1. The number of nitrogens with one attached hydrogen (secondary N) is 1. The summed E-state index contributed by atoms with van der Waals surface area (Å²) in [5.41, 5.74) is 5.48. The Hall–Kier alpha value is -2.48. The summed E-state index contributed by atoms with van der Waals surface area (Å²) in [5.74, 6) is 2.09. The standard InChI is InChI=1S/C24H22BrClN2O3S/c1-30-22-12-19(11-21(25)24(22)31-14-17-7-9-20(26)10-8-17)13-27-28-23(29)16-32-15-18-5-3-2-4-6-18/h2-13H,14-16H2,1H3,(H,28,29)/b27-13-. The molecule has 3 aromatic carbocycles. The number of rotatable bonds is 10. The van der Waals surface area contributed by atoms with Gasteiger partial charge in [0.2, 0.25) is 5.91 Å². The van der Waals surface area contributed by atoms with Crippen molar-refractivity contribution < 1.29 is 14.3 Å². The zero-order valence-electron chi connectivity index (χ0n) is 17.4. The molecule has 0 spiro atoms. The van der Waals surface area contributed by atoms with Crippen LogP contribution in [0.25, 0.3) is 0 Å². The number of benzene rings is 3. The third-order valence-electron chi connectivity index (χ3n) is 4.30. The van der Waals surface area contributed by atoms with Crippen LogP contribution in [-0.2, 0) is 17.2 Å². The molecule has 0 unspecified atom stereocenters. The summed E-state index contributed by atoms with van der Waals surface area (Å²) in [6, 6.07) is 21.1. The number of carbonyl (C=O) groups excluding carboxylic acids is 1. The third-order valence-corrected chi connectivity index (χ3v) is 6.14. The van der Waals surface area contributed by atoms with Crippen LogP contribution in [0.5, 0.6) is 11.5 Å². The summed E-state index contributed by atoms with van der Waals surface area (Å²) in [6.45, 7) is 0.371. The van der Waals surface area contributed by atoms with E-state index in [1.165, 1.54) is 17.3 Å². The highest BCUT2D eigenvalue weighted by Crippen LogP contribution is 2.36. The van der Waals surface area contributed by atoms with Crippen molar-refractivity contribution >= 4 is 51.4 Å². The normalized spacial score (nSPS) is 10.8. The molecule has 3 aromatic rings. The zero-order chi connectivity index (χ0) is 22.8. The number of hydrogen-bond acceptors (Lipinski definition) is 5. The maximum atomic E-state index is 12.0. The fraction of sp³-hybridized carbons (Fsp3) is 0.167. The van der Waals surface area contributed by atoms with Crippen LogP contribution in [0.15, 0.2) is 76.3 Å². The predicted molar refractivity (Wildman–Crippen MR) is 135 cm³/mol. The molecule has 0 heterocycles. The average Bonchev–Trinajstić information content (AvgIpc) is 2.80. The summed E-state index contributed by atoms with van der Waals surface area (Å²) in [5, 5.41) is 4.73. The molecule has 8 heteroatoms. The first-order valence-corrected chi connectivity index (χ1v) is 12.1. The highest BCUT2D eigenvalue weighted by atomic mass is 79.9. The van der Waals surface area contributed by atoms with Crippen molar-refractivity contribution in [2.24, 2.45) is 5.10 Å². The van der Waals surface area contributed by atoms with E-state index in [0.717, 1.165) is 21.4 Å². The lowest BCUT2D eigenvalue weighted by Gasteiger charge is -2.13. The van der Waals surface area contributed by atoms with Gasteiger partial charge in [-0.2, -0.15) is 5.10 Å². The Morgan fingerprint density at radius 3 is 2.59 bits per heavy atom. The van der Waals surface area contributed by atoms with Gasteiger partial charge in [-0.3, -0.25) is 4.79 Å². The smallest absolute Gasteiger partial charge is 0.250 e. The lowest BCUT2D eigenvalue weighted by molar-refractivity contribution is -0.118. The number of carbonyl (C=O) groups is 1. The van der Waals surface area contributed by atoms with E-state index in [1.54, 1.807) is 19.4 Å². The number of ether oxygens (including phenoxy) is 2. The number of methoxy groups -OCH3 is 1. The molecule has 0 radical (unpaired) electrons. The van der Waals surface area contributed by atoms with Gasteiger partial charge in [-0.05, 0) is 56.9 Å². The van der Waals surface area contributed by atoms with Gasteiger partial charge in [0.1, 0.15) is 6.61 Å². The minimum Gasteiger partial charge on any atom is -0.493 e. The molecule has 5 nitrogen and oxygen atoms in total. The average molecular weight is 534 g/mol. The maximum Gasteiger partial charge on any atom is 0.250 e. The molecule has 0 aliphatic rings. The molecule has 0 saturated carbocycles. The topological polar surface area (TPSA) is 59.9 Å². The first-order chi connectivity index (χ1) is 15.5. The van der Waals surface area contributed by atoms with Gasteiger partial charge in [0.15, 0.2) is 11.5 Å². The van der Waals surface area contributed by atoms with Crippen molar-refractivity contribution in [1.29, 1.82) is 0 Å². The van der Waals surface area contributed by atoms with Gasteiger partial charge in [0.25, 0.3) is 0 Å². The molecule has 3 rings (SSSR count). The van der Waals surface area contributed by atoms with Crippen LogP contribution in [0.4, 0.5) is 0 Å². The van der Waals surface area contributed by atoms with Crippen LogP contribution in [0.1, 0.15) is 16.7 Å². The number of hydrazone groups is 1. The molecule has 32 heavy (non-hydrogen) atoms. The zero-order valence-corrected chi connectivity index (χ0v) is 20.5. The monoisotopic (exact) mass is 532 g/mol. The van der Waals surface area contributed by atoms with Crippen molar-refractivity contribution in [3.63, 3.8) is 0 Å². The molecule has 0 aliphatic carbocycles. The summed E-state index contributed by atoms with van der Waals surface area (Å²) in [7, 11) is 1.57. The number of amides is 1. The Labute approximate surface area is 205 Å². The molecule has 1 N–H and O–H groups in total. The van der Waals surface area contributed by atoms with Crippen LogP contribution >= 0.6 is 39.3 Å². The fourth-order valence-corrected chi connectivity index (χ4v) is 4.22. The quantitative estimate of drug-likeness (QED) is 0.254. The van der Waals surface area contributed by atoms with Crippen molar-refractivity contribution in [3.05, 3.63) is 92.9 Å². The van der Waals surface area contributed by atoms with E-state index < -0.39 is 0 Å². The highest BCUT2D eigenvalue weighted by Gasteiger charge is 2.12. The fourth-order valence-electron chi connectivity index (χ4n) is 2.74. The van der Waals surface area contributed by atoms with Crippen LogP contribution in [-0.4, -0.2) is 25.0 Å². The SMILES string of the molecule is COc1cc(/C=N\NC(=O)CSCc2ccccc2)cc(Br)c1OCc1ccc(Cl)cc1. The molecule has 0 saturated heterocycles. The van der Waals surface area contributed by atoms with Gasteiger partial charge in [0.05, 0.1) is 23.5 Å². The van der Waals surface area contributed by atoms with E-state index in [-0.39, 0.29) is 5.91 Å². The molecular formula is C24H22BrClN2O3S. The first-order valence-electron chi connectivity index (χ1n) is 9.73. The highest BCUT2D eigenvalue weighted by molar-refractivity contribution is 9.10. The largest absolute Gasteiger partial charge is 0.493 e. The summed E-state index contributed by atoms with van der Waals surface area (Å²) < 4.78 is 12.1. The van der Waals surface area contributed by atoms with Crippen LogP contribution in [0, 0.1) is 0 Å². The van der Waals surface area contributed by atoms with E-state index in [4.69, 9.17) is 21.1 Å². The Bertz CT molecular complexity index is 1060. The lowest BCUT2D eigenvalue weighted by Crippen LogP contribution is -2.19. The van der Waals surface area contributed by atoms with Gasteiger partial charge in [-0.25, -0.2) is 5.43 Å². The van der Waals surface area contributed by atoms with Gasteiger partial charge in [-0.15, -0.1) is 11.8 Å². The predicted octanol–water partition coefficient (Wildman–Crippen LogP) is 6.07. The summed E-state index contributed by atoms with van der Waals surface area (Å²) >= 11 is 11.0. The molecule has 0 aliphatic heterocycles. The van der Waals surface area contributed by atoms with Crippen molar-refractivity contribution in [2.45, 2.75) is 12.4 Å². The van der Waals surface area contributed by atoms with Crippen molar-refractivity contribution in [3.8, 4) is 11.5 Å². The maximum absolute atomic E-state index is 12.0. The third kappa shape index (κ3) is 7.58. The molecular weight excluding hydrogens is 512 g/mol. The van der Waals surface area contributed by atoms with Crippen molar-refractivity contribution in [1.82, 2.24) is 5.43 Å². The minimum atomic E-state index is -0.156. The van der Waals surface area contributed by atoms with Gasteiger partial charge in [-0.1, -0.05) is 54.1 Å². The number of nitrogens with zero attached hydrogens (tertiary/aromatic N) is 1. The second-order valence-electron chi connectivity index (χ2n) is 6.72. The number of thioether (sulfide) groups is 1. The number of halogens is 2. The van der Waals surface area contributed by atoms with E-state index in [9.17, 15) is 4.79 Å². The summed E-state index contributed by atoms with van der Waals surface area (Å²) in [6.07, 6.45) is 1.57. The van der Waals surface area contributed by atoms with E-state index in [1.807, 2.05) is 60.7 Å². The molecule has 0 aromatic heterocycles. The minimum absolute atomic E-state index is 0.156. The van der Waals surface area contributed by atoms with E-state index in [2.05, 4.69) is 26.5 Å². The second-order valence-corrected chi connectivity index (χ2v) is 9.00. The van der Waals surface area contributed by atoms with Crippen molar-refractivity contribution in [2.75, 3.05) is 12.9 Å². The Morgan fingerprint density at radius 1 is 1.12 bits per heavy atom. The molecule has 166 valence electrons. The molecule has 1 amide bonds. The first kappa shape index (κ1) is 24.2. The molecule has 0 atom stereocenters. The second kappa shape index (κ2) is 12.5. The van der Waals surface area contributed by atoms with Crippen LogP contribution in [0.3, 0.4) is 0 Å². The van der Waals surface area contributed by atoms with Gasteiger partial charge in [0, 0.05) is 10.8 Å². The Balaban J connectivity index is 1.53. The van der Waals surface area contributed by atoms with Crippen LogP contribution < -0.4 is 14.9 Å². The van der Waals surface area contributed by atoms with E-state index in [0.29, 0.717) is 28.9 Å². The molecule has 0 bridgehead atoms. The molecule has 0 fully saturated rings. The van der Waals surface area contributed by atoms with Gasteiger partial charge < -0.3 is 9.47 Å². The lowest BCUT2D eigenvalue weighted by atomic mass is 10.2. The van der Waals surface area contributed by atoms with E-state index >= 15 is 0 Å². The summed E-state index contributed by atoms with van der Waals surface area (Å²) in [4.78, 5) is 12.0.